The average molecular weight is 390 g/mol. The van der Waals surface area contributed by atoms with Crippen LogP contribution < -0.4 is 9.13 Å². The Kier molecular flexibility index (Phi) is 4.72. The molecule has 0 fully saturated rings. The lowest BCUT2D eigenvalue weighted by Gasteiger charge is -2.02. The maximum Gasteiger partial charge on any atom is 0.340 e. The summed E-state index contributed by atoms with van der Waals surface area (Å²) in [5.41, 5.74) is 4.52. The molecular formula is C24H18N6+2. The number of hydrogen-bond donors (Lipinski definition) is 0. The van der Waals surface area contributed by atoms with Crippen LogP contribution in [0.2, 0.25) is 0 Å². The van der Waals surface area contributed by atoms with E-state index in [2.05, 4.69) is 44.2 Å². The highest BCUT2D eigenvalue weighted by molar-refractivity contribution is 5.62. The van der Waals surface area contributed by atoms with Gasteiger partial charge in [-0.3, -0.25) is 9.97 Å². The van der Waals surface area contributed by atoms with Crippen LogP contribution in [-0.4, -0.2) is 19.9 Å². The Hall–Kier alpha value is -4.32. The van der Waals surface area contributed by atoms with Gasteiger partial charge in [0.2, 0.25) is 0 Å². The van der Waals surface area contributed by atoms with Gasteiger partial charge in [-0.15, -0.1) is 0 Å². The predicted octanol–water partition coefficient (Wildman–Crippen LogP) is 3.15. The largest absolute Gasteiger partial charge is 0.340 e. The Bertz CT molecular complexity index is 1160. The van der Waals surface area contributed by atoms with Crippen molar-refractivity contribution in [1.82, 2.24) is 19.9 Å². The van der Waals surface area contributed by atoms with Crippen molar-refractivity contribution in [1.29, 1.82) is 0 Å². The molecule has 5 aromatic rings. The fraction of sp³-hybridized carbons (Fsp3) is 0. The van der Waals surface area contributed by atoms with Gasteiger partial charge in [0.05, 0.1) is 24.8 Å². The molecule has 0 radical (unpaired) electrons. The van der Waals surface area contributed by atoms with E-state index in [0.29, 0.717) is 0 Å². The quantitative estimate of drug-likeness (QED) is 0.442. The zero-order valence-electron chi connectivity index (χ0n) is 16.1. The molecule has 0 aliphatic heterocycles. The topological polar surface area (TPSA) is 59.3 Å². The summed E-state index contributed by atoms with van der Waals surface area (Å²) in [5.74, 6) is 1.60. The average Bonchev–Trinajstić information content (AvgIpc) is 2.85. The van der Waals surface area contributed by atoms with Crippen molar-refractivity contribution < 1.29 is 9.13 Å². The standard InChI is InChI=1S/C24H18N6/c1-9-25-10-2-19(1)21-5-13-29(14-6-21)23-17-24(28-18-27-23)30-15-7-22(8-16-30)20-3-11-26-12-4-20/h1-18H/q+2. The third-order valence-electron chi connectivity index (χ3n) is 4.85. The Morgan fingerprint density at radius 2 is 0.833 bits per heavy atom. The fourth-order valence-electron chi connectivity index (χ4n) is 3.25. The molecule has 5 aromatic heterocycles. The van der Waals surface area contributed by atoms with Crippen LogP contribution in [0.25, 0.3) is 33.9 Å². The summed E-state index contributed by atoms with van der Waals surface area (Å²) in [5, 5.41) is 0. The van der Waals surface area contributed by atoms with E-state index in [0.717, 1.165) is 33.9 Å². The SMILES string of the molecule is c1cc(-c2cc[n+](-c3cc(-[n+]4ccc(-c5ccncc5)cc4)ncn3)cc2)ccn1. The van der Waals surface area contributed by atoms with Gasteiger partial charge < -0.3 is 0 Å². The predicted molar refractivity (Wildman–Crippen MR) is 112 cm³/mol. The summed E-state index contributed by atoms with van der Waals surface area (Å²) < 4.78 is 3.95. The highest BCUT2D eigenvalue weighted by Crippen LogP contribution is 2.17. The van der Waals surface area contributed by atoms with Crippen LogP contribution in [0.3, 0.4) is 0 Å². The van der Waals surface area contributed by atoms with Crippen molar-refractivity contribution in [3.63, 3.8) is 0 Å². The molecular weight excluding hydrogens is 372 g/mol. The van der Waals surface area contributed by atoms with Crippen LogP contribution in [0.4, 0.5) is 0 Å². The van der Waals surface area contributed by atoms with E-state index in [4.69, 9.17) is 0 Å². The van der Waals surface area contributed by atoms with E-state index in [1.165, 1.54) is 0 Å². The minimum absolute atomic E-state index is 0.798. The van der Waals surface area contributed by atoms with E-state index in [-0.39, 0.29) is 0 Å². The molecule has 0 unspecified atom stereocenters. The molecule has 0 aromatic carbocycles. The first-order valence-electron chi connectivity index (χ1n) is 9.53. The molecule has 0 aliphatic rings. The van der Waals surface area contributed by atoms with Crippen LogP contribution >= 0.6 is 0 Å². The van der Waals surface area contributed by atoms with Gasteiger partial charge in [-0.1, -0.05) is 0 Å². The van der Waals surface area contributed by atoms with E-state index < -0.39 is 0 Å². The third kappa shape index (κ3) is 3.66. The maximum atomic E-state index is 4.42. The van der Waals surface area contributed by atoms with Crippen molar-refractivity contribution in [2.24, 2.45) is 0 Å². The van der Waals surface area contributed by atoms with Crippen molar-refractivity contribution in [3.05, 3.63) is 110 Å². The molecule has 6 nitrogen and oxygen atoms in total. The monoisotopic (exact) mass is 390 g/mol. The molecule has 5 rings (SSSR count). The van der Waals surface area contributed by atoms with Crippen molar-refractivity contribution in [2.75, 3.05) is 0 Å². The lowest BCUT2D eigenvalue weighted by Crippen LogP contribution is -2.35. The van der Waals surface area contributed by atoms with E-state index in [9.17, 15) is 0 Å². The van der Waals surface area contributed by atoms with Crippen LogP contribution in [0.15, 0.2) is 110 Å². The van der Waals surface area contributed by atoms with Crippen LogP contribution in [-0.2, 0) is 0 Å². The van der Waals surface area contributed by atoms with Crippen LogP contribution in [0.1, 0.15) is 0 Å². The van der Waals surface area contributed by atoms with Crippen LogP contribution in [0, 0.1) is 0 Å². The Labute approximate surface area is 173 Å². The summed E-state index contributed by atoms with van der Waals surface area (Å²) >= 11 is 0. The molecule has 0 saturated carbocycles. The van der Waals surface area contributed by atoms with Gasteiger partial charge in [0.15, 0.2) is 0 Å². The molecule has 142 valence electrons. The van der Waals surface area contributed by atoms with Crippen molar-refractivity contribution >= 4 is 0 Å². The lowest BCUT2D eigenvalue weighted by atomic mass is 10.1. The van der Waals surface area contributed by atoms with Gasteiger partial charge in [0.1, 0.15) is 6.07 Å². The molecule has 6 heteroatoms. The summed E-state index contributed by atoms with van der Waals surface area (Å²) in [6.07, 6.45) is 16.8. The van der Waals surface area contributed by atoms with E-state index in [1.807, 2.05) is 64.3 Å². The first kappa shape index (κ1) is 17.8. The molecule has 0 aliphatic carbocycles. The second kappa shape index (κ2) is 7.97. The first-order chi connectivity index (χ1) is 14.9. The maximum absolute atomic E-state index is 4.42. The van der Waals surface area contributed by atoms with Gasteiger partial charge in [-0.25, -0.2) is 9.13 Å². The van der Waals surface area contributed by atoms with Gasteiger partial charge in [-0.2, -0.15) is 0 Å². The van der Waals surface area contributed by atoms with Gasteiger partial charge in [0.25, 0.3) is 0 Å². The van der Waals surface area contributed by atoms with Crippen molar-refractivity contribution in [3.8, 4) is 33.9 Å². The third-order valence-corrected chi connectivity index (χ3v) is 4.85. The molecule has 0 bridgehead atoms. The molecule has 0 amide bonds. The lowest BCUT2D eigenvalue weighted by molar-refractivity contribution is -0.608. The highest BCUT2D eigenvalue weighted by atomic mass is 15.1. The van der Waals surface area contributed by atoms with E-state index in [1.54, 1.807) is 31.1 Å². The second-order valence-electron chi connectivity index (χ2n) is 6.69. The molecule has 0 saturated heterocycles. The summed E-state index contributed by atoms with van der Waals surface area (Å²) in [7, 11) is 0. The normalized spacial score (nSPS) is 10.7. The van der Waals surface area contributed by atoms with Crippen LogP contribution in [0.5, 0.6) is 0 Å². The Balaban J connectivity index is 1.42. The number of nitrogens with zero attached hydrogens (tertiary/aromatic N) is 6. The molecule has 30 heavy (non-hydrogen) atoms. The van der Waals surface area contributed by atoms with Gasteiger partial charge in [-0.05, 0) is 80.8 Å². The molecule has 0 spiro atoms. The molecule has 0 atom stereocenters. The Morgan fingerprint density at radius 1 is 0.467 bits per heavy atom. The molecule has 0 N–H and O–H groups in total. The number of rotatable bonds is 4. The fourth-order valence-corrected chi connectivity index (χ4v) is 3.25. The minimum atomic E-state index is 0.798. The number of pyridine rings is 4. The Morgan fingerprint density at radius 3 is 1.23 bits per heavy atom. The van der Waals surface area contributed by atoms with Gasteiger partial charge >= 0.3 is 18.0 Å². The second-order valence-corrected chi connectivity index (χ2v) is 6.69. The smallest absolute Gasteiger partial charge is 0.265 e. The summed E-state index contributed by atoms with van der Waals surface area (Å²) in [6, 6.07) is 18.2. The number of hydrogen-bond acceptors (Lipinski definition) is 4. The summed E-state index contributed by atoms with van der Waals surface area (Å²) in [6.45, 7) is 0. The number of aromatic nitrogens is 6. The zero-order valence-corrected chi connectivity index (χ0v) is 16.1. The van der Waals surface area contributed by atoms with Gasteiger partial charge in [0, 0.05) is 24.8 Å². The first-order valence-corrected chi connectivity index (χ1v) is 9.53. The zero-order chi connectivity index (χ0) is 20.2. The molecule has 5 heterocycles. The van der Waals surface area contributed by atoms with Crippen molar-refractivity contribution in [2.45, 2.75) is 0 Å². The minimum Gasteiger partial charge on any atom is -0.265 e. The summed E-state index contributed by atoms with van der Waals surface area (Å²) in [4.78, 5) is 17.0. The highest BCUT2D eigenvalue weighted by Gasteiger charge is 2.16. The van der Waals surface area contributed by atoms with E-state index >= 15 is 0 Å².